The maximum absolute atomic E-state index is 12.5. The lowest BCUT2D eigenvalue weighted by molar-refractivity contribution is 0.0945. The quantitative estimate of drug-likeness (QED) is 0.703. The minimum atomic E-state index is -0.210. The van der Waals surface area contributed by atoms with E-state index < -0.39 is 0 Å². The second-order valence-electron chi connectivity index (χ2n) is 7.37. The molecule has 6 heteroatoms. The monoisotopic (exact) mass is 387 g/mol. The molecule has 3 aromatic rings. The van der Waals surface area contributed by atoms with Crippen LogP contribution >= 0.6 is 0 Å². The van der Waals surface area contributed by atoms with Crippen LogP contribution in [0.3, 0.4) is 0 Å². The molecule has 1 aliphatic rings. The molecule has 0 unspecified atom stereocenters. The third-order valence-corrected chi connectivity index (χ3v) is 5.30. The Bertz CT molecular complexity index is 924. The molecule has 1 N–H and O–H groups in total. The van der Waals surface area contributed by atoms with E-state index in [1.165, 1.54) is 5.56 Å². The van der Waals surface area contributed by atoms with Crippen molar-refractivity contribution >= 4 is 11.9 Å². The first-order valence-electron chi connectivity index (χ1n) is 10.1. The molecule has 29 heavy (non-hydrogen) atoms. The molecule has 1 aromatic carbocycles. The SMILES string of the molecule is O=C(NCc1ccccn1)c1ccnc(N2CCC(Cc3ccccc3)CC2)n1. The number of nitrogens with zero attached hydrogens (tertiary/aromatic N) is 4. The maximum Gasteiger partial charge on any atom is 0.270 e. The molecule has 0 radical (unpaired) electrons. The van der Waals surface area contributed by atoms with Crippen LogP contribution in [0.5, 0.6) is 0 Å². The van der Waals surface area contributed by atoms with Gasteiger partial charge in [-0.3, -0.25) is 9.78 Å². The van der Waals surface area contributed by atoms with E-state index in [1.54, 1.807) is 18.5 Å². The summed E-state index contributed by atoms with van der Waals surface area (Å²) in [6.07, 6.45) is 6.70. The van der Waals surface area contributed by atoms with Gasteiger partial charge in [-0.2, -0.15) is 0 Å². The molecule has 0 saturated carbocycles. The van der Waals surface area contributed by atoms with Crippen molar-refractivity contribution in [3.63, 3.8) is 0 Å². The van der Waals surface area contributed by atoms with Gasteiger partial charge in [-0.05, 0) is 48.9 Å². The smallest absolute Gasteiger partial charge is 0.270 e. The van der Waals surface area contributed by atoms with E-state index in [9.17, 15) is 4.79 Å². The van der Waals surface area contributed by atoms with Crippen LogP contribution in [0.1, 0.15) is 34.6 Å². The number of carbonyl (C=O) groups excluding carboxylic acids is 1. The highest BCUT2D eigenvalue weighted by Crippen LogP contribution is 2.24. The fourth-order valence-electron chi connectivity index (χ4n) is 3.68. The highest BCUT2D eigenvalue weighted by Gasteiger charge is 2.22. The summed E-state index contributed by atoms with van der Waals surface area (Å²) in [5.41, 5.74) is 2.60. The fraction of sp³-hybridized carbons (Fsp3) is 0.304. The largest absolute Gasteiger partial charge is 0.345 e. The Morgan fingerprint density at radius 3 is 2.52 bits per heavy atom. The number of piperidine rings is 1. The van der Waals surface area contributed by atoms with Gasteiger partial charge in [0.1, 0.15) is 5.69 Å². The molecule has 0 aliphatic carbocycles. The average molecular weight is 387 g/mol. The number of anilines is 1. The van der Waals surface area contributed by atoms with Gasteiger partial charge in [0.25, 0.3) is 5.91 Å². The molecule has 6 nitrogen and oxygen atoms in total. The highest BCUT2D eigenvalue weighted by molar-refractivity contribution is 5.92. The van der Waals surface area contributed by atoms with Crippen LogP contribution in [0, 0.1) is 5.92 Å². The molecule has 0 bridgehead atoms. The lowest BCUT2D eigenvalue weighted by Gasteiger charge is -2.32. The molecule has 1 fully saturated rings. The lowest BCUT2D eigenvalue weighted by atomic mass is 9.90. The van der Waals surface area contributed by atoms with Crippen molar-refractivity contribution in [2.75, 3.05) is 18.0 Å². The summed E-state index contributed by atoms with van der Waals surface area (Å²) < 4.78 is 0. The Labute approximate surface area is 171 Å². The molecule has 2 aromatic heterocycles. The van der Waals surface area contributed by atoms with E-state index in [4.69, 9.17) is 0 Å². The predicted octanol–water partition coefficient (Wildman–Crippen LogP) is 3.26. The Balaban J connectivity index is 1.32. The lowest BCUT2D eigenvalue weighted by Crippen LogP contribution is -2.36. The number of hydrogen-bond donors (Lipinski definition) is 1. The van der Waals surface area contributed by atoms with Crippen LogP contribution in [-0.2, 0) is 13.0 Å². The second-order valence-corrected chi connectivity index (χ2v) is 7.37. The highest BCUT2D eigenvalue weighted by atomic mass is 16.1. The van der Waals surface area contributed by atoms with Gasteiger partial charge in [0.2, 0.25) is 5.95 Å². The van der Waals surface area contributed by atoms with E-state index in [2.05, 4.69) is 55.5 Å². The van der Waals surface area contributed by atoms with Crippen molar-refractivity contribution in [3.05, 3.63) is 83.9 Å². The van der Waals surface area contributed by atoms with Gasteiger partial charge in [-0.15, -0.1) is 0 Å². The van der Waals surface area contributed by atoms with Gasteiger partial charge < -0.3 is 10.2 Å². The second kappa shape index (κ2) is 9.28. The number of benzene rings is 1. The maximum atomic E-state index is 12.5. The van der Waals surface area contributed by atoms with Crippen LogP contribution < -0.4 is 10.2 Å². The van der Waals surface area contributed by atoms with Gasteiger partial charge >= 0.3 is 0 Å². The van der Waals surface area contributed by atoms with Gasteiger partial charge in [0, 0.05) is 25.5 Å². The van der Waals surface area contributed by atoms with Gasteiger partial charge in [0.05, 0.1) is 12.2 Å². The van der Waals surface area contributed by atoms with Crippen molar-refractivity contribution in [2.45, 2.75) is 25.8 Å². The van der Waals surface area contributed by atoms with Crippen LogP contribution in [0.15, 0.2) is 67.0 Å². The van der Waals surface area contributed by atoms with Crippen LogP contribution in [-0.4, -0.2) is 33.9 Å². The van der Waals surface area contributed by atoms with E-state index in [0.29, 0.717) is 24.1 Å². The first-order chi connectivity index (χ1) is 14.3. The van der Waals surface area contributed by atoms with Crippen molar-refractivity contribution in [1.82, 2.24) is 20.3 Å². The van der Waals surface area contributed by atoms with Crippen LogP contribution in [0.4, 0.5) is 5.95 Å². The number of amides is 1. The molecular weight excluding hydrogens is 362 g/mol. The average Bonchev–Trinajstić information content (AvgIpc) is 2.79. The zero-order valence-corrected chi connectivity index (χ0v) is 16.4. The summed E-state index contributed by atoms with van der Waals surface area (Å²) in [6.45, 7) is 2.21. The minimum absolute atomic E-state index is 0.210. The zero-order valence-electron chi connectivity index (χ0n) is 16.4. The van der Waals surface area contributed by atoms with Crippen molar-refractivity contribution in [1.29, 1.82) is 0 Å². The van der Waals surface area contributed by atoms with Gasteiger partial charge in [-0.25, -0.2) is 9.97 Å². The van der Waals surface area contributed by atoms with Crippen molar-refractivity contribution in [2.24, 2.45) is 5.92 Å². The number of carbonyl (C=O) groups is 1. The number of nitrogens with one attached hydrogen (secondary N) is 1. The molecule has 148 valence electrons. The molecule has 0 atom stereocenters. The zero-order chi connectivity index (χ0) is 19.9. The van der Waals surface area contributed by atoms with E-state index in [1.807, 2.05) is 18.2 Å². The summed E-state index contributed by atoms with van der Waals surface area (Å²) >= 11 is 0. The molecule has 1 saturated heterocycles. The van der Waals surface area contributed by atoms with Crippen molar-refractivity contribution in [3.8, 4) is 0 Å². The normalized spacial score (nSPS) is 14.6. The third kappa shape index (κ3) is 5.16. The van der Waals surface area contributed by atoms with E-state index in [0.717, 1.165) is 38.0 Å². The topological polar surface area (TPSA) is 71.0 Å². The minimum Gasteiger partial charge on any atom is -0.345 e. The Morgan fingerprint density at radius 1 is 0.966 bits per heavy atom. The number of pyridine rings is 1. The molecule has 1 amide bonds. The first-order valence-corrected chi connectivity index (χ1v) is 10.1. The molecule has 0 spiro atoms. The predicted molar refractivity (Wildman–Crippen MR) is 113 cm³/mol. The van der Waals surface area contributed by atoms with Gasteiger partial charge in [-0.1, -0.05) is 36.4 Å². The molecule has 3 heterocycles. The van der Waals surface area contributed by atoms with Crippen LogP contribution in [0.25, 0.3) is 0 Å². The molecular formula is C23H25N5O. The summed E-state index contributed by atoms with van der Waals surface area (Å²) in [7, 11) is 0. The summed E-state index contributed by atoms with van der Waals surface area (Å²) in [4.78, 5) is 27.8. The summed E-state index contributed by atoms with van der Waals surface area (Å²) in [5.74, 6) is 1.10. The Hall–Kier alpha value is -3.28. The van der Waals surface area contributed by atoms with E-state index in [-0.39, 0.29) is 5.91 Å². The standard InChI is InChI=1S/C23H25N5O/c29-22(26-17-20-8-4-5-12-24-20)21-9-13-25-23(27-21)28-14-10-19(11-15-28)16-18-6-2-1-3-7-18/h1-9,12-13,19H,10-11,14-17H2,(H,26,29). The fourth-order valence-corrected chi connectivity index (χ4v) is 3.68. The third-order valence-electron chi connectivity index (χ3n) is 5.30. The van der Waals surface area contributed by atoms with Crippen LogP contribution in [0.2, 0.25) is 0 Å². The Morgan fingerprint density at radius 2 is 1.76 bits per heavy atom. The first kappa shape index (κ1) is 19.1. The molecule has 4 rings (SSSR count). The summed E-state index contributed by atoms with van der Waals surface area (Å²) in [5, 5.41) is 2.87. The van der Waals surface area contributed by atoms with Gasteiger partial charge in [0.15, 0.2) is 0 Å². The Kier molecular flexibility index (Phi) is 6.10. The number of aromatic nitrogens is 3. The molecule has 1 aliphatic heterocycles. The number of rotatable bonds is 6. The summed E-state index contributed by atoms with van der Waals surface area (Å²) in [6, 6.07) is 17.9. The van der Waals surface area contributed by atoms with Crippen molar-refractivity contribution < 1.29 is 4.79 Å². The van der Waals surface area contributed by atoms with E-state index >= 15 is 0 Å². The number of hydrogen-bond acceptors (Lipinski definition) is 5.